The van der Waals surface area contributed by atoms with Gasteiger partial charge in [0, 0.05) is 6.54 Å². The second kappa shape index (κ2) is 10.9. The molecule has 0 saturated carbocycles. The fraction of sp³-hybridized carbons (Fsp3) is 0.917. The molecule has 3 heteroatoms. The lowest BCUT2D eigenvalue weighted by Gasteiger charge is -2.21. The van der Waals surface area contributed by atoms with Gasteiger partial charge in [0.15, 0.2) is 0 Å². The van der Waals surface area contributed by atoms with Crippen molar-refractivity contribution in [3.63, 3.8) is 0 Å². The monoisotopic (exact) mass is 247 g/mol. The Bertz CT molecular complexity index is 150. The highest BCUT2D eigenvalue weighted by Gasteiger charge is 2.04. The van der Waals surface area contributed by atoms with E-state index in [0.717, 1.165) is 10.7 Å². The predicted molar refractivity (Wildman–Crippen MR) is 77.1 cm³/mol. The molecule has 0 spiro atoms. The normalized spacial score (nSPS) is 10.9. The van der Waals surface area contributed by atoms with Gasteiger partial charge < -0.3 is 0 Å². The van der Waals surface area contributed by atoms with Crippen LogP contribution in [0.3, 0.4) is 0 Å². The molecule has 0 aromatic heterocycles. The van der Waals surface area contributed by atoms with E-state index in [1.165, 1.54) is 51.6 Å². The first-order chi connectivity index (χ1) is 7.20. The second-order valence-corrected chi connectivity index (χ2v) is 5.42. The smallest absolute Gasteiger partial charge is 0.0588 e. The Hall–Kier alpha value is 0.400. The van der Waals surface area contributed by atoms with Crippen LogP contribution in [-0.4, -0.2) is 28.7 Å². The molecule has 0 amide bonds. The van der Waals surface area contributed by atoms with Crippen LogP contribution < -0.4 is 0 Å². The van der Waals surface area contributed by atoms with Gasteiger partial charge in [-0.25, -0.2) is 0 Å². The minimum absolute atomic E-state index is 0.822. The number of hydrogen-bond donors (Lipinski definition) is 1. The number of rotatable bonds is 10. The molecular weight excluding hydrogens is 222 g/mol. The molecule has 0 aliphatic rings. The van der Waals surface area contributed by atoms with Gasteiger partial charge in [0.2, 0.25) is 0 Å². The number of thiocarbonyl (C=S) groups is 1. The summed E-state index contributed by atoms with van der Waals surface area (Å²) < 4.78 is 0.822. The number of nitrogens with zero attached hydrogens (tertiary/aromatic N) is 1. The molecule has 0 heterocycles. The van der Waals surface area contributed by atoms with Crippen molar-refractivity contribution in [2.24, 2.45) is 0 Å². The van der Waals surface area contributed by atoms with Crippen molar-refractivity contribution in [2.45, 2.75) is 52.4 Å². The average Bonchev–Trinajstić information content (AvgIpc) is 2.17. The van der Waals surface area contributed by atoms with Gasteiger partial charge in [0.05, 0.1) is 4.20 Å². The van der Waals surface area contributed by atoms with E-state index < -0.39 is 0 Å². The molecule has 0 unspecified atom stereocenters. The first kappa shape index (κ1) is 15.4. The van der Waals surface area contributed by atoms with E-state index >= 15 is 0 Å². The van der Waals surface area contributed by atoms with Gasteiger partial charge in [0.1, 0.15) is 0 Å². The van der Waals surface area contributed by atoms with Crippen molar-refractivity contribution in [3.8, 4) is 0 Å². The van der Waals surface area contributed by atoms with Crippen LogP contribution in [0.4, 0.5) is 0 Å². The average molecular weight is 247 g/mol. The molecule has 0 N–H and O–H groups in total. The van der Waals surface area contributed by atoms with Gasteiger partial charge >= 0.3 is 0 Å². The van der Waals surface area contributed by atoms with E-state index in [1.54, 1.807) is 0 Å². The standard InChI is InChI=1S/C12H25NS2/c1-3-5-7-9-13(11-12(14)15)10-8-6-4-2/h3-11H2,1-2H3,(H,14,15). The van der Waals surface area contributed by atoms with Gasteiger partial charge in [0.25, 0.3) is 0 Å². The lowest BCUT2D eigenvalue weighted by molar-refractivity contribution is 0.298. The van der Waals surface area contributed by atoms with Crippen molar-refractivity contribution in [2.75, 3.05) is 19.6 Å². The maximum absolute atomic E-state index is 5.05. The Morgan fingerprint density at radius 1 is 1.00 bits per heavy atom. The fourth-order valence-electron chi connectivity index (χ4n) is 1.63. The third-order valence-electron chi connectivity index (χ3n) is 2.51. The predicted octanol–water partition coefficient (Wildman–Crippen LogP) is 3.93. The number of thiol groups is 1. The van der Waals surface area contributed by atoms with Gasteiger partial charge in [-0.3, -0.25) is 4.90 Å². The van der Waals surface area contributed by atoms with Gasteiger partial charge in [-0.2, -0.15) is 0 Å². The molecule has 0 rings (SSSR count). The SMILES string of the molecule is CCCCCN(CCCCC)CC(=S)S. The Balaban J connectivity index is 3.68. The molecule has 0 radical (unpaired) electrons. The Morgan fingerprint density at radius 2 is 1.47 bits per heavy atom. The summed E-state index contributed by atoms with van der Waals surface area (Å²) in [5, 5.41) is 0. The maximum Gasteiger partial charge on any atom is 0.0588 e. The van der Waals surface area contributed by atoms with Gasteiger partial charge in [-0.1, -0.05) is 51.7 Å². The van der Waals surface area contributed by atoms with Crippen LogP contribution in [0.15, 0.2) is 0 Å². The van der Waals surface area contributed by atoms with Crippen LogP contribution in [0.2, 0.25) is 0 Å². The fourth-order valence-corrected chi connectivity index (χ4v) is 2.01. The molecule has 0 aliphatic carbocycles. The summed E-state index contributed by atoms with van der Waals surface area (Å²) >= 11 is 9.27. The summed E-state index contributed by atoms with van der Waals surface area (Å²) in [6, 6.07) is 0. The summed E-state index contributed by atoms with van der Waals surface area (Å²) in [5.41, 5.74) is 0. The van der Waals surface area contributed by atoms with Crippen molar-refractivity contribution >= 4 is 29.0 Å². The lowest BCUT2D eigenvalue weighted by Crippen LogP contribution is -2.29. The van der Waals surface area contributed by atoms with Gasteiger partial charge in [-0.15, -0.1) is 12.6 Å². The molecular formula is C12H25NS2. The maximum atomic E-state index is 5.05. The first-order valence-corrected chi connectivity index (χ1v) is 7.00. The zero-order valence-electron chi connectivity index (χ0n) is 10.2. The number of hydrogen-bond acceptors (Lipinski definition) is 2. The summed E-state index contributed by atoms with van der Waals surface area (Å²) in [6.07, 6.45) is 7.80. The third-order valence-corrected chi connectivity index (χ3v) is 2.79. The highest BCUT2D eigenvalue weighted by atomic mass is 32.1. The zero-order valence-corrected chi connectivity index (χ0v) is 11.9. The van der Waals surface area contributed by atoms with Crippen LogP contribution in [-0.2, 0) is 0 Å². The van der Waals surface area contributed by atoms with Crippen LogP contribution in [0.25, 0.3) is 0 Å². The Morgan fingerprint density at radius 3 is 1.80 bits per heavy atom. The first-order valence-electron chi connectivity index (χ1n) is 6.14. The molecule has 0 aromatic carbocycles. The topological polar surface area (TPSA) is 3.24 Å². The van der Waals surface area contributed by atoms with E-state index in [1.807, 2.05) is 0 Å². The second-order valence-electron chi connectivity index (χ2n) is 4.08. The summed E-state index contributed by atoms with van der Waals surface area (Å²) in [6.45, 7) is 7.72. The molecule has 0 atom stereocenters. The van der Waals surface area contributed by atoms with Crippen molar-refractivity contribution < 1.29 is 0 Å². The summed E-state index contributed by atoms with van der Waals surface area (Å²) in [5.74, 6) is 0. The van der Waals surface area contributed by atoms with E-state index in [9.17, 15) is 0 Å². The van der Waals surface area contributed by atoms with Crippen molar-refractivity contribution in [3.05, 3.63) is 0 Å². The third kappa shape index (κ3) is 10.7. The van der Waals surface area contributed by atoms with Gasteiger partial charge in [-0.05, 0) is 25.9 Å². The zero-order chi connectivity index (χ0) is 11.5. The molecule has 0 bridgehead atoms. The number of unbranched alkanes of at least 4 members (excludes halogenated alkanes) is 4. The summed E-state index contributed by atoms with van der Waals surface area (Å²) in [7, 11) is 0. The van der Waals surface area contributed by atoms with E-state index in [2.05, 4.69) is 31.4 Å². The minimum Gasteiger partial charge on any atom is -0.298 e. The van der Waals surface area contributed by atoms with E-state index in [4.69, 9.17) is 12.2 Å². The summed E-state index contributed by atoms with van der Waals surface area (Å²) in [4.78, 5) is 2.45. The minimum atomic E-state index is 0.822. The largest absolute Gasteiger partial charge is 0.298 e. The van der Waals surface area contributed by atoms with E-state index in [-0.39, 0.29) is 0 Å². The van der Waals surface area contributed by atoms with Crippen LogP contribution in [0, 0.1) is 0 Å². The Kier molecular flexibility index (Phi) is 11.2. The molecule has 1 nitrogen and oxygen atoms in total. The Labute approximate surface area is 106 Å². The quantitative estimate of drug-likeness (QED) is 0.354. The lowest BCUT2D eigenvalue weighted by atomic mass is 10.2. The molecule has 0 fully saturated rings. The highest BCUT2D eigenvalue weighted by Crippen LogP contribution is 2.03. The highest BCUT2D eigenvalue weighted by molar-refractivity contribution is 8.11. The van der Waals surface area contributed by atoms with E-state index in [0.29, 0.717) is 0 Å². The molecule has 0 aromatic rings. The molecule has 0 aliphatic heterocycles. The molecule has 90 valence electrons. The molecule has 15 heavy (non-hydrogen) atoms. The van der Waals surface area contributed by atoms with Crippen LogP contribution >= 0.6 is 24.8 Å². The van der Waals surface area contributed by atoms with Crippen molar-refractivity contribution in [1.82, 2.24) is 4.90 Å². The van der Waals surface area contributed by atoms with Crippen LogP contribution in [0.5, 0.6) is 0 Å². The van der Waals surface area contributed by atoms with Crippen LogP contribution in [0.1, 0.15) is 52.4 Å². The van der Waals surface area contributed by atoms with Crippen molar-refractivity contribution in [1.29, 1.82) is 0 Å². The molecule has 0 saturated heterocycles.